The molecule has 0 bridgehead atoms. The van der Waals surface area contributed by atoms with Crippen molar-refractivity contribution in [2.45, 2.75) is 13.8 Å². The summed E-state index contributed by atoms with van der Waals surface area (Å²) in [5.74, 6) is 0. The van der Waals surface area contributed by atoms with E-state index in [0.717, 1.165) is 0 Å². The minimum atomic E-state index is -2.19. The second-order valence-electron chi connectivity index (χ2n) is 9.45. The van der Waals surface area contributed by atoms with Gasteiger partial charge in [0.25, 0.3) is 0 Å². The van der Waals surface area contributed by atoms with Gasteiger partial charge < -0.3 is 0 Å². The molecule has 4 heteroatoms. The summed E-state index contributed by atoms with van der Waals surface area (Å²) in [6.45, 7) is 4.24. The molecule has 0 unspecified atom stereocenters. The van der Waals surface area contributed by atoms with Crippen LogP contribution in [0.5, 0.6) is 0 Å². The minimum absolute atomic E-state index is 1.30. The fourth-order valence-electron chi connectivity index (χ4n) is 4.34. The maximum atomic E-state index is 6.35. The Kier molecular flexibility index (Phi) is 12.3. The number of halogens is 2. The quantitative estimate of drug-likeness (QED) is 0.127. The van der Waals surface area contributed by atoms with Gasteiger partial charge in [0.15, 0.2) is 0 Å². The number of aryl methyl sites for hydroxylation is 2. The van der Waals surface area contributed by atoms with Gasteiger partial charge in [-0.2, -0.15) is 46.5 Å². The van der Waals surface area contributed by atoms with Crippen molar-refractivity contribution in [2.75, 3.05) is 0 Å². The Hall–Kier alpha value is -2.41. The van der Waals surface area contributed by atoms with E-state index < -0.39 is 26.2 Å². The van der Waals surface area contributed by atoms with E-state index in [4.69, 9.17) is 17.0 Å². The van der Waals surface area contributed by atoms with Crippen LogP contribution in [0.4, 0.5) is 0 Å². The van der Waals surface area contributed by atoms with Crippen LogP contribution in [0.3, 0.4) is 0 Å². The molecule has 0 atom stereocenters. The zero-order chi connectivity index (χ0) is 28.2. The number of benzene rings is 4. The van der Waals surface area contributed by atoms with Gasteiger partial charge in [-0.05, 0) is 0 Å². The molecular weight excluding hydrogens is 667 g/mol. The first-order chi connectivity index (χ1) is 19.5. The van der Waals surface area contributed by atoms with E-state index in [1.807, 2.05) is 24.3 Å². The summed E-state index contributed by atoms with van der Waals surface area (Å²) in [5.41, 5.74) is 7.88. The summed E-state index contributed by atoms with van der Waals surface area (Å²) >= 11 is -2.19. The molecule has 0 aromatic heterocycles. The van der Waals surface area contributed by atoms with Crippen LogP contribution in [-0.2, 0) is 16.2 Å². The predicted molar refractivity (Wildman–Crippen MR) is 174 cm³/mol. The Morgan fingerprint density at radius 3 is 1.07 bits per heavy atom. The first-order valence-corrected chi connectivity index (χ1v) is 29.1. The van der Waals surface area contributed by atoms with Crippen molar-refractivity contribution in [3.8, 4) is 22.3 Å². The number of hydrogen-bond acceptors (Lipinski definition) is 0. The van der Waals surface area contributed by atoms with Crippen LogP contribution in [0, 0.1) is 13.8 Å². The average molecular weight is 699 g/mol. The van der Waals surface area contributed by atoms with Crippen molar-refractivity contribution in [3.05, 3.63) is 169 Å². The third-order valence-electron chi connectivity index (χ3n) is 6.35. The molecule has 6 rings (SSSR count). The zero-order valence-corrected chi connectivity index (χ0v) is 28.8. The molecule has 0 saturated carbocycles. The van der Waals surface area contributed by atoms with Crippen LogP contribution in [0.25, 0.3) is 22.3 Å². The molecule has 0 aliphatic rings. The van der Waals surface area contributed by atoms with Gasteiger partial charge in [0.2, 0.25) is 0 Å². The van der Waals surface area contributed by atoms with Gasteiger partial charge in [-0.1, -0.05) is 85.6 Å². The molecule has 6 aromatic carbocycles. The van der Waals surface area contributed by atoms with Gasteiger partial charge in [0.05, 0.1) is 0 Å². The Morgan fingerprint density at radius 2 is 0.800 bits per heavy atom. The van der Waals surface area contributed by atoms with Crippen LogP contribution in [0.2, 0.25) is 0 Å². The van der Waals surface area contributed by atoms with Crippen molar-refractivity contribution in [1.82, 2.24) is 0 Å². The van der Waals surface area contributed by atoms with E-state index in [1.54, 1.807) is 0 Å². The molecule has 200 valence electrons. The summed E-state index contributed by atoms with van der Waals surface area (Å²) in [4.78, 5) is 0. The predicted octanol–water partition coefficient (Wildman–Crippen LogP) is 9.48. The molecule has 0 fully saturated rings. The monoisotopic (exact) mass is 698 g/mol. The van der Waals surface area contributed by atoms with E-state index in [-0.39, 0.29) is 0 Å². The fourth-order valence-corrected chi connectivity index (χ4v) is 31.4. The summed E-state index contributed by atoms with van der Waals surface area (Å²) in [7, 11) is 11.1. The summed E-state index contributed by atoms with van der Waals surface area (Å²) in [6.07, 6.45) is 0. The first-order valence-electron chi connectivity index (χ1n) is 13.2. The molecule has 40 heavy (non-hydrogen) atoms. The van der Waals surface area contributed by atoms with Gasteiger partial charge in [-0.3, -0.25) is 0 Å². The number of hydrogen-bond donors (Lipinski definition) is 0. The summed E-state index contributed by atoms with van der Waals surface area (Å²) in [5, 5.41) is 0. The Bertz CT molecular complexity index is 1480. The molecule has 0 aliphatic carbocycles. The van der Waals surface area contributed by atoms with Gasteiger partial charge in [-0.15, -0.1) is 0 Å². The van der Waals surface area contributed by atoms with E-state index in [9.17, 15) is 0 Å². The van der Waals surface area contributed by atoms with Gasteiger partial charge in [0.1, 0.15) is 0 Å². The van der Waals surface area contributed by atoms with Crippen molar-refractivity contribution >= 4 is 35.8 Å². The summed E-state index contributed by atoms with van der Waals surface area (Å²) < 4.78 is 2.79. The fraction of sp³-hybridized carbons (Fsp3) is 0.0556. The molecule has 0 nitrogen and oxygen atoms in total. The van der Waals surface area contributed by atoms with Crippen LogP contribution in [0.1, 0.15) is 11.1 Å². The van der Waals surface area contributed by atoms with E-state index in [1.165, 1.54) is 42.2 Å². The van der Waals surface area contributed by atoms with Crippen molar-refractivity contribution in [3.63, 3.8) is 0 Å². The van der Waals surface area contributed by atoms with Gasteiger partial charge in [-0.25, -0.2) is 12.1 Å². The Balaban J connectivity index is 0.000000141. The van der Waals surface area contributed by atoms with Crippen molar-refractivity contribution in [2.24, 2.45) is 0 Å². The maximum absolute atomic E-state index is 6.35. The molecule has 0 heterocycles. The van der Waals surface area contributed by atoms with E-state index >= 15 is 0 Å². The molecule has 0 saturated heterocycles. The Labute approximate surface area is 254 Å². The normalized spacial score (nSPS) is 10.0. The summed E-state index contributed by atoms with van der Waals surface area (Å²) in [6, 6.07) is 55.0. The van der Waals surface area contributed by atoms with Crippen LogP contribution >= 0.6 is 17.0 Å². The van der Waals surface area contributed by atoms with Crippen LogP contribution in [-0.4, -0.2) is 9.98 Å². The third kappa shape index (κ3) is 9.32. The molecule has 0 amide bonds. The van der Waals surface area contributed by atoms with E-state index in [0.29, 0.717) is 0 Å². The third-order valence-corrected chi connectivity index (χ3v) is 34.8. The second kappa shape index (κ2) is 16.1. The van der Waals surface area contributed by atoms with Crippen LogP contribution < -0.4 is 8.79 Å². The standard InChI is InChI=1S/C12H10Ge.2C12H11.2ClH.Zr/c1-3-7-11(8-4-1)13-12-9-5-2-6-10-12;2*1-10-7-8-12(9-10)11-5-3-2-4-6-11;;;/h1-10H;2*2-9H,1H3;2*1H;/q;2*-1;;;+2/p-2. The SMILES string of the molecule is Cc1cc(-c2ccccc2)c[cH-]1.Cc1cc(-c2ccccc2)c[cH-]1.[Cl][Zr]([Cl])=[Ge]([c]1ccccc1)[c]1ccccc1. The molecule has 0 N–H and O–H groups in total. The molecule has 0 spiro atoms. The molecule has 6 aromatic rings. The first kappa shape index (κ1) is 30.5. The van der Waals surface area contributed by atoms with Gasteiger partial charge in [0, 0.05) is 0 Å². The molecule has 0 radical (unpaired) electrons. The van der Waals surface area contributed by atoms with Crippen LogP contribution in [0.15, 0.2) is 158 Å². The zero-order valence-electron chi connectivity index (χ0n) is 22.8. The second-order valence-corrected chi connectivity index (χ2v) is 40.8. The molecule has 0 aliphatic heterocycles. The van der Waals surface area contributed by atoms with Gasteiger partial charge >= 0.3 is 113 Å². The Morgan fingerprint density at radius 1 is 0.475 bits per heavy atom. The number of rotatable bonds is 4. The average Bonchev–Trinajstić information content (AvgIpc) is 3.64. The van der Waals surface area contributed by atoms with Crippen molar-refractivity contribution in [1.29, 1.82) is 0 Å². The van der Waals surface area contributed by atoms with E-state index in [2.05, 4.69) is 147 Å². The van der Waals surface area contributed by atoms with Crippen molar-refractivity contribution < 1.29 is 16.2 Å². The topological polar surface area (TPSA) is 0 Å². The molecular formula is C36H32Cl2GeZr-2.